The van der Waals surface area contributed by atoms with E-state index in [-0.39, 0.29) is 0 Å². The predicted molar refractivity (Wildman–Crippen MR) is 65.7 cm³/mol. The molecule has 1 aromatic carbocycles. The van der Waals surface area contributed by atoms with Crippen LogP contribution in [-0.4, -0.2) is 4.98 Å². The Kier molecular flexibility index (Phi) is 3.43. The highest BCUT2D eigenvalue weighted by Crippen LogP contribution is 2.30. The van der Waals surface area contributed by atoms with Gasteiger partial charge in [-0.05, 0) is 35.9 Å². The van der Waals surface area contributed by atoms with Crippen molar-refractivity contribution in [2.75, 3.05) is 0 Å². The molecule has 0 bridgehead atoms. The lowest BCUT2D eigenvalue weighted by Crippen LogP contribution is -2.04. The quantitative estimate of drug-likeness (QED) is 0.813. The average Bonchev–Trinajstić information content (AvgIpc) is 2.88. The van der Waals surface area contributed by atoms with Crippen LogP contribution < -0.4 is 0 Å². The van der Waals surface area contributed by atoms with Gasteiger partial charge >= 0.3 is 6.18 Å². The van der Waals surface area contributed by atoms with Gasteiger partial charge in [0.1, 0.15) is 0 Å². The molecule has 2 aromatic rings. The number of hydrogen-bond acceptors (Lipinski definition) is 1. The minimum Gasteiger partial charge on any atom is -0.362 e. The van der Waals surface area contributed by atoms with Crippen molar-refractivity contribution in [1.82, 2.24) is 4.98 Å². The van der Waals surface area contributed by atoms with Crippen molar-refractivity contribution < 1.29 is 13.2 Å². The van der Waals surface area contributed by atoms with Gasteiger partial charge in [-0.25, -0.2) is 0 Å². The fraction of sp³-hybridized carbons (Fsp3) is 0.0714. The highest BCUT2D eigenvalue weighted by Gasteiger charge is 2.29. The smallest absolute Gasteiger partial charge is 0.362 e. The van der Waals surface area contributed by atoms with Crippen LogP contribution >= 0.6 is 0 Å². The zero-order valence-electron chi connectivity index (χ0n) is 9.70. The Morgan fingerprint density at radius 1 is 1.16 bits per heavy atom. The first kappa shape index (κ1) is 13.0. The first-order chi connectivity index (χ1) is 9.00. The molecule has 2 nitrogen and oxygen atoms in total. The molecule has 0 aliphatic carbocycles. The van der Waals surface area contributed by atoms with Crippen LogP contribution in [0.2, 0.25) is 0 Å². The lowest BCUT2D eigenvalue weighted by molar-refractivity contribution is -0.137. The van der Waals surface area contributed by atoms with Crippen molar-refractivity contribution in [2.24, 2.45) is 0 Å². The largest absolute Gasteiger partial charge is 0.416 e. The zero-order valence-corrected chi connectivity index (χ0v) is 9.70. The number of aromatic amines is 1. The summed E-state index contributed by atoms with van der Waals surface area (Å²) < 4.78 is 37.3. The van der Waals surface area contributed by atoms with E-state index in [1.165, 1.54) is 12.1 Å². The normalized spacial score (nSPS) is 12.2. The summed E-state index contributed by atoms with van der Waals surface area (Å²) in [4.78, 5) is 2.90. The van der Waals surface area contributed by atoms with Gasteiger partial charge < -0.3 is 4.98 Å². The Bertz CT molecular complexity index is 614. The van der Waals surface area contributed by atoms with Gasteiger partial charge in [0.15, 0.2) is 0 Å². The molecule has 2 rings (SSSR count). The Labute approximate surface area is 107 Å². The number of nitrogens with zero attached hydrogens (tertiary/aromatic N) is 1. The first-order valence-electron chi connectivity index (χ1n) is 5.43. The third kappa shape index (κ3) is 3.05. The van der Waals surface area contributed by atoms with E-state index in [2.05, 4.69) is 4.98 Å². The molecular formula is C14H9F3N2. The second-order valence-electron chi connectivity index (χ2n) is 3.87. The van der Waals surface area contributed by atoms with Crippen LogP contribution in [0.3, 0.4) is 0 Å². The lowest BCUT2D eigenvalue weighted by Gasteiger charge is -2.07. The van der Waals surface area contributed by atoms with E-state index in [9.17, 15) is 13.2 Å². The maximum absolute atomic E-state index is 12.4. The second-order valence-corrected chi connectivity index (χ2v) is 3.87. The molecule has 0 saturated carbocycles. The number of allylic oxidation sites excluding steroid dienone is 1. The lowest BCUT2D eigenvalue weighted by atomic mass is 10.0. The van der Waals surface area contributed by atoms with Gasteiger partial charge in [0.25, 0.3) is 0 Å². The van der Waals surface area contributed by atoms with E-state index in [0.717, 1.165) is 17.8 Å². The number of nitrogens with one attached hydrogen (secondary N) is 1. The predicted octanol–water partition coefficient (Wildman–Crippen LogP) is 4.10. The summed E-state index contributed by atoms with van der Waals surface area (Å²) in [7, 11) is 0. The maximum atomic E-state index is 12.4. The van der Waals surface area contributed by atoms with Crippen molar-refractivity contribution in [3.63, 3.8) is 0 Å². The highest BCUT2D eigenvalue weighted by molar-refractivity contribution is 5.88. The molecule has 5 heteroatoms. The number of rotatable bonds is 2. The summed E-state index contributed by atoms with van der Waals surface area (Å²) in [6.07, 6.45) is -1.08. The number of hydrogen-bond donors (Lipinski definition) is 1. The molecular weight excluding hydrogens is 253 g/mol. The minimum absolute atomic E-state index is 0.302. The van der Waals surface area contributed by atoms with Crippen LogP contribution in [0.5, 0.6) is 0 Å². The van der Waals surface area contributed by atoms with Gasteiger partial charge in [0, 0.05) is 11.9 Å². The number of H-pyrrole nitrogens is 1. The third-order valence-electron chi connectivity index (χ3n) is 2.57. The highest BCUT2D eigenvalue weighted by atomic mass is 19.4. The Hall–Kier alpha value is -2.48. The molecule has 0 aliphatic rings. The van der Waals surface area contributed by atoms with Crippen molar-refractivity contribution >= 4 is 11.6 Å². The van der Waals surface area contributed by atoms with E-state index < -0.39 is 11.7 Å². The summed E-state index contributed by atoms with van der Waals surface area (Å²) in [5, 5.41) is 9.05. The van der Waals surface area contributed by atoms with E-state index in [1.54, 1.807) is 24.4 Å². The van der Waals surface area contributed by atoms with Gasteiger partial charge in [0.05, 0.1) is 17.2 Å². The molecule has 1 aromatic heterocycles. The summed E-state index contributed by atoms with van der Waals surface area (Å²) in [5.74, 6) is 0. The number of alkyl halides is 3. The molecule has 0 fully saturated rings. The van der Waals surface area contributed by atoms with Crippen LogP contribution in [0.4, 0.5) is 13.2 Å². The van der Waals surface area contributed by atoms with Crippen molar-refractivity contribution in [1.29, 1.82) is 5.26 Å². The van der Waals surface area contributed by atoms with Gasteiger partial charge in [-0.2, -0.15) is 18.4 Å². The molecule has 0 aliphatic heterocycles. The Balaban J connectivity index is 2.33. The van der Waals surface area contributed by atoms with Crippen LogP contribution in [0.15, 0.2) is 42.6 Å². The summed E-state index contributed by atoms with van der Waals surface area (Å²) >= 11 is 0. The SMILES string of the molecule is N#C/C(=C\c1ccc[nH]1)c1ccc(C(F)(F)F)cc1. The van der Waals surface area contributed by atoms with Crippen LogP contribution in [0.25, 0.3) is 11.6 Å². The van der Waals surface area contributed by atoms with Crippen molar-refractivity contribution in [3.8, 4) is 6.07 Å². The number of benzene rings is 1. The van der Waals surface area contributed by atoms with E-state index in [0.29, 0.717) is 11.1 Å². The van der Waals surface area contributed by atoms with Crippen LogP contribution in [0.1, 0.15) is 16.8 Å². The monoisotopic (exact) mass is 262 g/mol. The topological polar surface area (TPSA) is 39.6 Å². The molecule has 96 valence electrons. The summed E-state index contributed by atoms with van der Waals surface area (Å²) in [6, 6.07) is 10.0. The molecule has 1 heterocycles. The molecule has 0 radical (unpaired) electrons. The molecule has 0 saturated heterocycles. The molecule has 0 amide bonds. The van der Waals surface area contributed by atoms with Gasteiger partial charge in [-0.1, -0.05) is 12.1 Å². The van der Waals surface area contributed by atoms with Crippen LogP contribution in [0, 0.1) is 11.3 Å². The van der Waals surface area contributed by atoms with E-state index >= 15 is 0 Å². The Morgan fingerprint density at radius 3 is 2.32 bits per heavy atom. The zero-order chi connectivity index (χ0) is 13.9. The van der Waals surface area contributed by atoms with E-state index in [1.807, 2.05) is 6.07 Å². The third-order valence-corrected chi connectivity index (χ3v) is 2.57. The first-order valence-corrected chi connectivity index (χ1v) is 5.43. The maximum Gasteiger partial charge on any atom is 0.416 e. The van der Waals surface area contributed by atoms with Crippen molar-refractivity contribution in [2.45, 2.75) is 6.18 Å². The fourth-order valence-electron chi connectivity index (χ4n) is 1.61. The van der Waals surface area contributed by atoms with Gasteiger partial charge in [-0.3, -0.25) is 0 Å². The molecule has 0 atom stereocenters. The summed E-state index contributed by atoms with van der Waals surface area (Å²) in [5.41, 5.74) is 0.742. The van der Waals surface area contributed by atoms with E-state index in [4.69, 9.17) is 5.26 Å². The average molecular weight is 262 g/mol. The number of aromatic nitrogens is 1. The standard InChI is InChI=1S/C14H9F3N2/c15-14(16,17)12-5-3-10(4-6-12)11(9-18)8-13-2-1-7-19-13/h1-8,19H/b11-8+. The van der Waals surface area contributed by atoms with Gasteiger partial charge in [-0.15, -0.1) is 0 Å². The van der Waals surface area contributed by atoms with Crippen molar-refractivity contribution in [3.05, 3.63) is 59.4 Å². The molecule has 0 spiro atoms. The summed E-state index contributed by atoms with van der Waals surface area (Å²) in [6.45, 7) is 0. The molecule has 0 unspecified atom stereocenters. The fourth-order valence-corrected chi connectivity index (χ4v) is 1.61. The Morgan fingerprint density at radius 2 is 1.84 bits per heavy atom. The molecule has 1 N–H and O–H groups in total. The number of halogens is 3. The van der Waals surface area contributed by atoms with Gasteiger partial charge in [0.2, 0.25) is 0 Å². The molecule has 19 heavy (non-hydrogen) atoms. The second kappa shape index (κ2) is 5.02. The number of nitriles is 1. The minimum atomic E-state index is -4.37. The van der Waals surface area contributed by atoms with Crippen LogP contribution in [-0.2, 0) is 6.18 Å².